The lowest BCUT2D eigenvalue weighted by Crippen LogP contribution is -2.42. The lowest BCUT2D eigenvalue weighted by molar-refractivity contribution is -0.150. The quantitative estimate of drug-likeness (QED) is 0.733. The van der Waals surface area contributed by atoms with Gasteiger partial charge < -0.3 is 19.5 Å². The van der Waals surface area contributed by atoms with E-state index < -0.39 is 12.0 Å². The highest BCUT2D eigenvalue weighted by Crippen LogP contribution is 2.28. The highest BCUT2D eigenvalue weighted by molar-refractivity contribution is 5.83. The molecular weight excluding hydrogens is 346 g/mol. The second kappa shape index (κ2) is 9.62. The summed E-state index contributed by atoms with van der Waals surface area (Å²) in [5.41, 5.74) is 1.81. The van der Waals surface area contributed by atoms with Crippen LogP contribution in [-0.4, -0.2) is 42.1 Å². The molecule has 2 rings (SSSR count). The van der Waals surface area contributed by atoms with Gasteiger partial charge in [0.05, 0.1) is 14.2 Å². The van der Waals surface area contributed by atoms with E-state index in [9.17, 15) is 14.7 Å². The molecule has 0 aromatic heterocycles. The number of carboxylic acid groups (broad SMARTS) is 1. The average Bonchev–Trinajstić information content (AvgIpc) is 2.70. The summed E-state index contributed by atoms with van der Waals surface area (Å²) in [7, 11) is 3.12. The molecule has 2 aromatic carbocycles. The molecule has 2 aromatic rings. The number of amides is 1. The minimum absolute atomic E-state index is 0.205. The molecule has 0 aliphatic heterocycles. The number of ether oxygens (including phenoxy) is 2. The lowest BCUT2D eigenvalue weighted by atomic mass is 10.1. The molecule has 0 saturated carbocycles. The van der Waals surface area contributed by atoms with Crippen molar-refractivity contribution in [2.45, 2.75) is 32.4 Å². The van der Waals surface area contributed by atoms with Gasteiger partial charge in [-0.25, -0.2) is 4.79 Å². The summed E-state index contributed by atoms with van der Waals surface area (Å²) in [5, 5.41) is 9.37. The Morgan fingerprint density at radius 2 is 1.67 bits per heavy atom. The van der Waals surface area contributed by atoms with Crippen LogP contribution in [0, 0.1) is 0 Å². The fourth-order valence-corrected chi connectivity index (χ4v) is 2.79. The summed E-state index contributed by atoms with van der Waals surface area (Å²) in [6.45, 7) is 1.79. The second-order valence-electron chi connectivity index (χ2n) is 6.21. The maximum absolute atomic E-state index is 12.8. The molecule has 0 aliphatic carbocycles. The third kappa shape index (κ3) is 5.48. The zero-order chi connectivity index (χ0) is 19.8. The Morgan fingerprint density at radius 1 is 1.00 bits per heavy atom. The molecule has 1 amide bonds. The monoisotopic (exact) mass is 371 g/mol. The van der Waals surface area contributed by atoms with Crippen LogP contribution in [0.1, 0.15) is 24.5 Å². The maximum Gasteiger partial charge on any atom is 0.326 e. The molecule has 6 nitrogen and oxygen atoms in total. The number of benzene rings is 2. The van der Waals surface area contributed by atoms with E-state index in [2.05, 4.69) is 0 Å². The molecule has 1 N–H and O–H groups in total. The lowest BCUT2D eigenvalue weighted by Gasteiger charge is -2.27. The molecule has 0 fully saturated rings. The van der Waals surface area contributed by atoms with Gasteiger partial charge in [0.15, 0.2) is 11.5 Å². The van der Waals surface area contributed by atoms with Crippen LogP contribution in [0.2, 0.25) is 0 Å². The van der Waals surface area contributed by atoms with Gasteiger partial charge in [-0.05, 0) is 36.6 Å². The molecule has 0 saturated heterocycles. The normalized spacial score (nSPS) is 11.5. The second-order valence-corrected chi connectivity index (χ2v) is 6.21. The number of carbonyl (C=O) groups excluding carboxylic acids is 1. The zero-order valence-electron chi connectivity index (χ0n) is 15.8. The van der Waals surface area contributed by atoms with Crippen molar-refractivity contribution in [3.8, 4) is 11.5 Å². The van der Waals surface area contributed by atoms with Crippen molar-refractivity contribution in [3.05, 3.63) is 59.7 Å². The van der Waals surface area contributed by atoms with Gasteiger partial charge >= 0.3 is 5.97 Å². The third-order valence-electron chi connectivity index (χ3n) is 4.42. The van der Waals surface area contributed by atoms with Crippen LogP contribution in [0.15, 0.2) is 48.5 Å². The zero-order valence-corrected chi connectivity index (χ0v) is 15.8. The van der Waals surface area contributed by atoms with Crippen LogP contribution < -0.4 is 9.47 Å². The number of hydrogen-bond donors (Lipinski definition) is 1. The molecule has 27 heavy (non-hydrogen) atoms. The summed E-state index contributed by atoms with van der Waals surface area (Å²) in [6.07, 6.45) is 0.691. The van der Waals surface area contributed by atoms with Gasteiger partial charge in [0, 0.05) is 13.0 Å². The van der Waals surface area contributed by atoms with Crippen molar-refractivity contribution < 1.29 is 24.2 Å². The number of rotatable bonds is 9. The minimum Gasteiger partial charge on any atom is -0.493 e. The summed E-state index contributed by atoms with van der Waals surface area (Å²) in [4.78, 5) is 25.6. The van der Waals surface area contributed by atoms with Gasteiger partial charge in [-0.2, -0.15) is 0 Å². The van der Waals surface area contributed by atoms with Gasteiger partial charge in [-0.15, -0.1) is 0 Å². The van der Waals surface area contributed by atoms with Crippen molar-refractivity contribution >= 4 is 11.9 Å². The first-order valence-corrected chi connectivity index (χ1v) is 8.73. The molecule has 0 aliphatic rings. The van der Waals surface area contributed by atoms with Gasteiger partial charge in [0.1, 0.15) is 6.04 Å². The number of carboxylic acids is 1. The molecule has 0 spiro atoms. The van der Waals surface area contributed by atoms with Crippen molar-refractivity contribution in [1.29, 1.82) is 0 Å². The first-order chi connectivity index (χ1) is 13.0. The van der Waals surface area contributed by atoms with Gasteiger partial charge in [0.25, 0.3) is 0 Å². The molecule has 1 atom stereocenters. The van der Waals surface area contributed by atoms with E-state index in [4.69, 9.17) is 9.47 Å². The number of nitrogens with zero attached hydrogens (tertiary/aromatic N) is 1. The van der Waals surface area contributed by atoms with E-state index in [1.54, 1.807) is 20.3 Å². The molecule has 1 unspecified atom stereocenters. The fraction of sp³-hybridized carbons (Fsp3) is 0.333. The predicted molar refractivity (Wildman–Crippen MR) is 102 cm³/mol. The Morgan fingerprint density at radius 3 is 2.26 bits per heavy atom. The van der Waals surface area contributed by atoms with Crippen molar-refractivity contribution in [3.63, 3.8) is 0 Å². The predicted octanol–water partition coefficient (Wildman–Crippen LogP) is 3.14. The highest BCUT2D eigenvalue weighted by Gasteiger charge is 2.25. The summed E-state index contributed by atoms with van der Waals surface area (Å²) in [5.74, 6) is -0.00536. The number of hydrogen-bond acceptors (Lipinski definition) is 4. The van der Waals surface area contributed by atoms with E-state index in [1.165, 1.54) is 11.8 Å². The third-order valence-corrected chi connectivity index (χ3v) is 4.42. The SMILES string of the molecule is COc1ccc(CCC(=O)N(Cc2ccccc2)C(C)C(=O)O)cc1OC. The first kappa shape index (κ1) is 20.3. The average molecular weight is 371 g/mol. The number of aliphatic carboxylic acids is 1. The van der Waals surface area contributed by atoms with Crippen LogP contribution in [0.4, 0.5) is 0 Å². The highest BCUT2D eigenvalue weighted by atomic mass is 16.5. The van der Waals surface area contributed by atoms with Crippen molar-refractivity contribution in [2.24, 2.45) is 0 Å². The Balaban J connectivity index is 2.10. The number of methoxy groups -OCH3 is 2. The first-order valence-electron chi connectivity index (χ1n) is 8.73. The summed E-state index contributed by atoms with van der Waals surface area (Å²) in [6, 6.07) is 14.0. The summed E-state index contributed by atoms with van der Waals surface area (Å²) >= 11 is 0. The maximum atomic E-state index is 12.8. The molecule has 0 heterocycles. The van der Waals surface area contributed by atoms with E-state index >= 15 is 0 Å². The van der Waals surface area contributed by atoms with Crippen LogP contribution in [0.5, 0.6) is 11.5 Å². The van der Waals surface area contributed by atoms with Crippen molar-refractivity contribution in [2.75, 3.05) is 14.2 Å². The Hall–Kier alpha value is -3.02. The number of carbonyl (C=O) groups is 2. The molecule has 6 heteroatoms. The molecule has 0 bridgehead atoms. The van der Waals surface area contributed by atoms with E-state index in [0.717, 1.165) is 11.1 Å². The number of aryl methyl sites for hydroxylation is 1. The van der Waals surface area contributed by atoms with Crippen LogP contribution in [0.3, 0.4) is 0 Å². The van der Waals surface area contributed by atoms with Crippen LogP contribution in [0.25, 0.3) is 0 Å². The van der Waals surface area contributed by atoms with E-state index in [1.807, 2.05) is 42.5 Å². The Labute approximate surface area is 159 Å². The standard InChI is InChI=1S/C21H25NO5/c1-15(21(24)25)22(14-17-7-5-4-6-8-17)20(23)12-10-16-9-11-18(26-2)19(13-16)27-3/h4-9,11,13,15H,10,12,14H2,1-3H3,(H,24,25). The minimum atomic E-state index is -1.02. The Kier molecular flexibility index (Phi) is 7.23. The summed E-state index contributed by atoms with van der Waals surface area (Å²) < 4.78 is 10.5. The van der Waals surface area contributed by atoms with Crippen LogP contribution >= 0.6 is 0 Å². The van der Waals surface area contributed by atoms with E-state index in [0.29, 0.717) is 17.9 Å². The van der Waals surface area contributed by atoms with Gasteiger partial charge in [-0.1, -0.05) is 36.4 Å². The largest absolute Gasteiger partial charge is 0.493 e. The van der Waals surface area contributed by atoms with Crippen molar-refractivity contribution in [1.82, 2.24) is 4.90 Å². The van der Waals surface area contributed by atoms with E-state index in [-0.39, 0.29) is 18.9 Å². The molecule has 0 radical (unpaired) electrons. The smallest absolute Gasteiger partial charge is 0.326 e. The van der Waals surface area contributed by atoms with Crippen LogP contribution in [-0.2, 0) is 22.6 Å². The van der Waals surface area contributed by atoms with Gasteiger partial charge in [-0.3, -0.25) is 4.79 Å². The molecule has 144 valence electrons. The topological polar surface area (TPSA) is 76.1 Å². The van der Waals surface area contributed by atoms with Gasteiger partial charge in [0.2, 0.25) is 5.91 Å². The Bertz CT molecular complexity index is 775. The molecular formula is C21H25NO5. The fourth-order valence-electron chi connectivity index (χ4n) is 2.79.